The molecule has 0 spiro atoms. The average molecular weight is 431 g/mol. The number of furan rings is 1. The molecule has 1 N–H and O–H groups in total. The quantitative estimate of drug-likeness (QED) is 0.364. The fraction of sp³-hybridized carbons (Fsp3) is 0.115. The fourth-order valence-corrected chi connectivity index (χ4v) is 3.51. The maximum atomic E-state index is 13.1. The molecule has 0 saturated heterocycles. The highest BCUT2D eigenvalue weighted by molar-refractivity contribution is 6.05. The number of fused-ring (bicyclic) bond motifs is 1. The number of allylic oxidation sites excluding steroid dienone is 1. The fourth-order valence-electron chi connectivity index (χ4n) is 3.51. The van der Waals surface area contributed by atoms with E-state index in [1.54, 1.807) is 20.5 Å². The Morgan fingerprint density at radius 1 is 1.00 bits per heavy atom. The van der Waals surface area contributed by atoms with Gasteiger partial charge in [-0.15, -0.1) is 0 Å². The first kappa shape index (κ1) is 21.2. The van der Waals surface area contributed by atoms with E-state index < -0.39 is 0 Å². The van der Waals surface area contributed by atoms with E-state index in [0.717, 1.165) is 27.8 Å². The van der Waals surface area contributed by atoms with Gasteiger partial charge in [0, 0.05) is 34.3 Å². The van der Waals surface area contributed by atoms with Crippen LogP contribution in [0.15, 0.2) is 77.4 Å². The normalized spacial score (nSPS) is 11.4. The topological polar surface area (TPSA) is 60.7 Å². The minimum atomic E-state index is -0.361. The van der Waals surface area contributed by atoms with Gasteiger partial charge < -0.3 is 19.2 Å². The molecule has 0 radical (unpaired) electrons. The molecule has 0 saturated carbocycles. The van der Waals surface area contributed by atoms with Gasteiger partial charge in [0.1, 0.15) is 22.9 Å². The van der Waals surface area contributed by atoms with Gasteiger partial charge >= 0.3 is 0 Å². The second-order valence-corrected chi connectivity index (χ2v) is 7.25. The summed E-state index contributed by atoms with van der Waals surface area (Å²) in [6, 6.07) is 17.1. The predicted octanol–water partition coefficient (Wildman–Crippen LogP) is 6.30. The molecule has 0 fully saturated rings. The Hall–Kier alpha value is -4.06. The number of methoxy groups -OCH3 is 2. The first-order chi connectivity index (χ1) is 15.5. The van der Waals surface area contributed by atoms with Gasteiger partial charge in [-0.25, -0.2) is 4.39 Å². The zero-order chi connectivity index (χ0) is 22.7. The first-order valence-electron chi connectivity index (χ1n) is 9.97. The van der Waals surface area contributed by atoms with E-state index in [9.17, 15) is 9.18 Å². The van der Waals surface area contributed by atoms with Gasteiger partial charge in [0.2, 0.25) is 5.91 Å². The monoisotopic (exact) mass is 431 g/mol. The third-order valence-electron chi connectivity index (χ3n) is 5.18. The summed E-state index contributed by atoms with van der Waals surface area (Å²) >= 11 is 0. The molecule has 0 unspecified atom stereocenters. The van der Waals surface area contributed by atoms with E-state index in [-0.39, 0.29) is 11.7 Å². The van der Waals surface area contributed by atoms with Gasteiger partial charge in [0.25, 0.3) is 0 Å². The highest BCUT2D eigenvalue weighted by Crippen LogP contribution is 2.37. The minimum Gasteiger partial charge on any atom is -0.497 e. The Morgan fingerprint density at radius 2 is 1.72 bits per heavy atom. The van der Waals surface area contributed by atoms with Crippen molar-refractivity contribution >= 4 is 28.1 Å². The largest absolute Gasteiger partial charge is 0.497 e. The van der Waals surface area contributed by atoms with E-state index in [0.29, 0.717) is 22.6 Å². The van der Waals surface area contributed by atoms with Crippen LogP contribution in [-0.4, -0.2) is 20.1 Å². The number of amides is 1. The lowest BCUT2D eigenvalue weighted by atomic mass is 9.99. The SMILES string of the molecule is COc1ccc(-c2coc3cc(OC)c(/C(C)=C/C(=O)Nc4ccc(F)cc4)cc23)cc1. The molecule has 0 bridgehead atoms. The molecule has 0 atom stereocenters. The van der Waals surface area contributed by atoms with Gasteiger partial charge in [0.15, 0.2) is 0 Å². The first-order valence-corrected chi connectivity index (χ1v) is 9.97. The van der Waals surface area contributed by atoms with Crippen molar-refractivity contribution in [3.05, 3.63) is 84.4 Å². The van der Waals surface area contributed by atoms with Crippen LogP contribution in [0.2, 0.25) is 0 Å². The van der Waals surface area contributed by atoms with Gasteiger partial charge in [-0.05, 0) is 60.5 Å². The number of carbonyl (C=O) groups is 1. The summed E-state index contributed by atoms with van der Waals surface area (Å²) in [5, 5.41) is 3.63. The lowest BCUT2D eigenvalue weighted by Crippen LogP contribution is -2.08. The molecule has 0 aliphatic heterocycles. The van der Waals surface area contributed by atoms with Crippen molar-refractivity contribution in [2.45, 2.75) is 6.92 Å². The van der Waals surface area contributed by atoms with Crippen LogP contribution in [0.3, 0.4) is 0 Å². The maximum absolute atomic E-state index is 13.1. The Labute approximate surface area is 185 Å². The smallest absolute Gasteiger partial charge is 0.248 e. The predicted molar refractivity (Wildman–Crippen MR) is 123 cm³/mol. The molecule has 4 rings (SSSR count). The van der Waals surface area contributed by atoms with E-state index in [4.69, 9.17) is 13.9 Å². The number of nitrogens with one attached hydrogen (secondary N) is 1. The minimum absolute atomic E-state index is 0.321. The summed E-state index contributed by atoms with van der Waals surface area (Å²) in [5.74, 6) is 0.686. The van der Waals surface area contributed by atoms with Crippen molar-refractivity contribution in [2.75, 3.05) is 19.5 Å². The van der Waals surface area contributed by atoms with Gasteiger partial charge in [-0.1, -0.05) is 12.1 Å². The maximum Gasteiger partial charge on any atom is 0.248 e. The second kappa shape index (κ2) is 8.98. The number of anilines is 1. The highest BCUT2D eigenvalue weighted by atomic mass is 19.1. The van der Waals surface area contributed by atoms with Crippen LogP contribution in [-0.2, 0) is 4.79 Å². The molecule has 1 aromatic heterocycles. The highest BCUT2D eigenvalue weighted by Gasteiger charge is 2.15. The van der Waals surface area contributed by atoms with Crippen LogP contribution >= 0.6 is 0 Å². The number of carbonyl (C=O) groups excluding carboxylic acids is 1. The lowest BCUT2D eigenvalue weighted by Gasteiger charge is -2.10. The average Bonchev–Trinajstić information content (AvgIpc) is 3.22. The van der Waals surface area contributed by atoms with E-state index >= 15 is 0 Å². The summed E-state index contributed by atoms with van der Waals surface area (Å²) in [6.45, 7) is 1.83. The summed E-state index contributed by atoms with van der Waals surface area (Å²) in [5.41, 5.74) is 4.58. The Morgan fingerprint density at radius 3 is 2.38 bits per heavy atom. The van der Waals surface area contributed by atoms with Gasteiger partial charge in [0.05, 0.1) is 20.5 Å². The Balaban J connectivity index is 1.69. The van der Waals surface area contributed by atoms with Crippen LogP contribution in [0.4, 0.5) is 10.1 Å². The van der Waals surface area contributed by atoms with Gasteiger partial charge in [-0.3, -0.25) is 4.79 Å². The molecular weight excluding hydrogens is 409 g/mol. The molecule has 0 aliphatic rings. The standard InChI is InChI=1S/C26H22FNO4/c1-16(12-26(29)28-19-8-6-18(27)7-9-19)21-13-22-23(15-32-25(22)14-24(21)31-3)17-4-10-20(30-2)11-5-17/h4-15H,1-3H3,(H,28,29)/b16-12+. The third kappa shape index (κ3) is 4.34. The molecule has 5 nitrogen and oxygen atoms in total. The van der Waals surface area contributed by atoms with Crippen molar-refractivity contribution < 1.29 is 23.1 Å². The third-order valence-corrected chi connectivity index (χ3v) is 5.18. The number of halogens is 1. The van der Waals surface area contributed by atoms with Crippen molar-refractivity contribution in [3.63, 3.8) is 0 Å². The van der Waals surface area contributed by atoms with E-state index in [1.807, 2.05) is 43.3 Å². The molecule has 1 amide bonds. The summed E-state index contributed by atoms with van der Waals surface area (Å²) in [6.07, 6.45) is 3.19. The molecule has 3 aromatic carbocycles. The van der Waals surface area contributed by atoms with E-state index in [1.165, 1.54) is 30.3 Å². The lowest BCUT2D eigenvalue weighted by molar-refractivity contribution is -0.111. The molecule has 6 heteroatoms. The molecule has 32 heavy (non-hydrogen) atoms. The summed E-state index contributed by atoms with van der Waals surface area (Å²) in [7, 11) is 3.20. The van der Waals surface area contributed by atoms with Gasteiger partial charge in [-0.2, -0.15) is 0 Å². The van der Waals surface area contributed by atoms with Crippen LogP contribution in [0.5, 0.6) is 11.5 Å². The molecule has 1 heterocycles. The number of benzene rings is 3. The van der Waals surface area contributed by atoms with Crippen molar-refractivity contribution in [3.8, 4) is 22.6 Å². The number of rotatable bonds is 6. The van der Waals surface area contributed by atoms with Crippen LogP contribution in [0.1, 0.15) is 12.5 Å². The molecule has 4 aromatic rings. The van der Waals surface area contributed by atoms with Crippen molar-refractivity contribution in [1.82, 2.24) is 0 Å². The van der Waals surface area contributed by atoms with Crippen molar-refractivity contribution in [2.24, 2.45) is 0 Å². The zero-order valence-electron chi connectivity index (χ0n) is 17.9. The molecule has 0 aliphatic carbocycles. The van der Waals surface area contributed by atoms with Crippen molar-refractivity contribution in [1.29, 1.82) is 0 Å². The molecular formula is C26H22FNO4. The van der Waals surface area contributed by atoms with Crippen LogP contribution in [0, 0.1) is 5.82 Å². The second-order valence-electron chi connectivity index (χ2n) is 7.25. The van der Waals surface area contributed by atoms with Crippen LogP contribution in [0.25, 0.3) is 27.7 Å². The van der Waals surface area contributed by atoms with E-state index in [2.05, 4.69) is 5.32 Å². The summed E-state index contributed by atoms with van der Waals surface area (Å²) in [4.78, 5) is 12.5. The zero-order valence-corrected chi connectivity index (χ0v) is 17.9. The molecule has 162 valence electrons. The summed E-state index contributed by atoms with van der Waals surface area (Å²) < 4.78 is 29.6. The number of hydrogen-bond acceptors (Lipinski definition) is 4. The number of ether oxygens (including phenoxy) is 2. The number of hydrogen-bond donors (Lipinski definition) is 1. The Kier molecular flexibility index (Phi) is 5.94. The van der Waals surface area contributed by atoms with Crippen LogP contribution < -0.4 is 14.8 Å². The Bertz CT molecular complexity index is 1290.